The number of methoxy groups -OCH3 is 1. The van der Waals surface area contributed by atoms with Crippen molar-refractivity contribution in [3.63, 3.8) is 0 Å². The second-order valence-electron chi connectivity index (χ2n) is 3.35. The van der Waals surface area contributed by atoms with Gasteiger partial charge in [-0.05, 0) is 29.8 Å². The summed E-state index contributed by atoms with van der Waals surface area (Å²) >= 11 is 3.35. The fraction of sp³-hybridized carbons (Fsp3) is 0.625. The van der Waals surface area contributed by atoms with E-state index in [4.69, 9.17) is 4.74 Å². The summed E-state index contributed by atoms with van der Waals surface area (Å²) in [5.41, 5.74) is -0.0826. The minimum Gasteiger partial charge on any atom is -0.382 e. The van der Waals surface area contributed by atoms with Crippen LogP contribution >= 0.6 is 15.9 Å². The molecule has 0 atom stereocenters. The van der Waals surface area contributed by atoms with Crippen LogP contribution in [0.5, 0.6) is 0 Å². The lowest BCUT2D eigenvalue weighted by molar-refractivity contribution is 0.101. The Hall–Kier alpha value is -0.350. The predicted molar refractivity (Wildman–Crippen MR) is 51.1 cm³/mol. The SMILES string of the molecule is COCC(C)(C)n1cc(Br)cn1. The number of nitrogens with zero attached hydrogens (tertiary/aromatic N) is 2. The van der Waals surface area contributed by atoms with Crippen LogP contribution in [0.3, 0.4) is 0 Å². The zero-order chi connectivity index (χ0) is 9.19. The summed E-state index contributed by atoms with van der Waals surface area (Å²) in [4.78, 5) is 0. The molecule has 0 fully saturated rings. The van der Waals surface area contributed by atoms with Crippen molar-refractivity contribution in [3.8, 4) is 0 Å². The van der Waals surface area contributed by atoms with E-state index >= 15 is 0 Å². The molecular formula is C8H13BrN2O. The van der Waals surface area contributed by atoms with Crippen molar-refractivity contribution < 1.29 is 4.74 Å². The van der Waals surface area contributed by atoms with E-state index in [2.05, 4.69) is 34.9 Å². The normalized spacial score (nSPS) is 12.0. The second kappa shape index (κ2) is 3.58. The van der Waals surface area contributed by atoms with E-state index in [0.717, 1.165) is 4.47 Å². The van der Waals surface area contributed by atoms with Crippen LogP contribution in [0.25, 0.3) is 0 Å². The molecule has 1 aromatic heterocycles. The summed E-state index contributed by atoms with van der Waals surface area (Å²) in [5, 5.41) is 4.20. The Morgan fingerprint density at radius 3 is 2.75 bits per heavy atom. The summed E-state index contributed by atoms with van der Waals surface area (Å²) in [6.45, 7) is 4.81. The van der Waals surface area contributed by atoms with Gasteiger partial charge >= 0.3 is 0 Å². The lowest BCUT2D eigenvalue weighted by Gasteiger charge is -2.23. The Balaban J connectivity index is 2.81. The molecule has 0 spiro atoms. The van der Waals surface area contributed by atoms with Gasteiger partial charge in [-0.25, -0.2) is 0 Å². The van der Waals surface area contributed by atoms with Crippen LogP contribution in [-0.4, -0.2) is 23.5 Å². The monoisotopic (exact) mass is 232 g/mol. The molecule has 0 aliphatic carbocycles. The topological polar surface area (TPSA) is 27.1 Å². The Bertz CT molecular complexity index is 257. The molecule has 0 bridgehead atoms. The van der Waals surface area contributed by atoms with Crippen LogP contribution in [0, 0.1) is 0 Å². The first kappa shape index (κ1) is 9.74. The Kier molecular flexibility index (Phi) is 2.90. The summed E-state index contributed by atoms with van der Waals surface area (Å²) in [7, 11) is 1.69. The molecule has 12 heavy (non-hydrogen) atoms. The van der Waals surface area contributed by atoms with Crippen molar-refractivity contribution in [1.82, 2.24) is 9.78 Å². The first-order chi connectivity index (χ1) is 5.56. The number of ether oxygens (including phenoxy) is 1. The summed E-state index contributed by atoms with van der Waals surface area (Å²) < 4.78 is 7.98. The van der Waals surface area contributed by atoms with E-state index in [1.54, 1.807) is 13.3 Å². The Morgan fingerprint density at radius 2 is 2.33 bits per heavy atom. The quantitative estimate of drug-likeness (QED) is 0.798. The van der Waals surface area contributed by atoms with E-state index in [1.807, 2.05) is 10.9 Å². The maximum Gasteiger partial charge on any atom is 0.0804 e. The average Bonchev–Trinajstić information content (AvgIpc) is 2.36. The highest BCUT2D eigenvalue weighted by Gasteiger charge is 2.20. The van der Waals surface area contributed by atoms with Crippen molar-refractivity contribution in [2.24, 2.45) is 0 Å². The van der Waals surface area contributed by atoms with Gasteiger partial charge in [0.2, 0.25) is 0 Å². The minimum absolute atomic E-state index is 0.0826. The van der Waals surface area contributed by atoms with Gasteiger partial charge in [-0.3, -0.25) is 4.68 Å². The maximum absolute atomic E-state index is 5.09. The van der Waals surface area contributed by atoms with Crippen LogP contribution in [0.2, 0.25) is 0 Å². The van der Waals surface area contributed by atoms with Crippen molar-refractivity contribution in [2.45, 2.75) is 19.4 Å². The number of hydrogen-bond acceptors (Lipinski definition) is 2. The standard InChI is InChI=1S/C8H13BrN2O/c1-8(2,6-12-3)11-5-7(9)4-10-11/h4-5H,6H2,1-3H3. The highest BCUT2D eigenvalue weighted by Crippen LogP contribution is 2.17. The van der Waals surface area contributed by atoms with Crippen LogP contribution in [-0.2, 0) is 10.3 Å². The van der Waals surface area contributed by atoms with Crippen LogP contribution in [0.15, 0.2) is 16.9 Å². The first-order valence-corrected chi connectivity index (χ1v) is 4.55. The molecule has 68 valence electrons. The van der Waals surface area contributed by atoms with Gasteiger partial charge in [-0.1, -0.05) is 0 Å². The van der Waals surface area contributed by atoms with E-state index < -0.39 is 0 Å². The van der Waals surface area contributed by atoms with E-state index in [-0.39, 0.29) is 5.54 Å². The molecule has 0 N–H and O–H groups in total. The summed E-state index contributed by atoms with van der Waals surface area (Å²) in [5.74, 6) is 0. The van der Waals surface area contributed by atoms with E-state index in [0.29, 0.717) is 6.61 Å². The molecule has 0 radical (unpaired) electrons. The van der Waals surface area contributed by atoms with Gasteiger partial charge in [0.25, 0.3) is 0 Å². The third-order valence-corrected chi connectivity index (χ3v) is 2.08. The molecule has 1 heterocycles. The van der Waals surface area contributed by atoms with Gasteiger partial charge in [0, 0.05) is 13.3 Å². The lowest BCUT2D eigenvalue weighted by atomic mass is 10.1. The predicted octanol–water partition coefficient (Wildman–Crippen LogP) is 2.03. The molecule has 0 amide bonds. The number of hydrogen-bond donors (Lipinski definition) is 0. The molecule has 0 aromatic carbocycles. The van der Waals surface area contributed by atoms with Crippen molar-refractivity contribution in [1.29, 1.82) is 0 Å². The molecule has 3 nitrogen and oxygen atoms in total. The number of aromatic nitrogens is 2. The first-order valence-electron chi connectivity index (χ1n) is 3.76. The molecular weight excluding hydrogens is 220 g/mol. The number of rotatable bonds is 3. The highest BCUT2D eigenvalue weighted by molar-refractivity contribution is 9.10. The molecule has 0 unspecified atom stereocenters. The summed E-state index contributed by atoms with van der Waals surface area (Å²) in [6.07, 6.45) is 3.72. The van der Waals surface area contributed by atoms with Crippen molar-refractivity contribution in [3.05, 3.63) is 16.9 Å². The Labute approximate surface area is 80.8 Å². The highest BCUT2D eigenvalue weighted by atomic mass is 79.9. The fourth-order valence-electron chi connectivity index (χ4n) is 1.05. The molecule has 1 aromatic rings. The van der Waals surface area contributed by atoms with Gasteiger partial charge in [-0.2, -0.15) is 5.10 Å². The largest absolute Gasteiger partial charge is 0.382 e. The Morgan fingerprint density at radius 1 is 1.67 bits per heavy atom. The van der Waals surface area contributed by atoms with Gasteiger partial charge in [-0.15, -0.1) is 0 Å². The minimum atomic E-state index is -0.0826. The maximum atomic E-state index is 5.09. The number of halogens is 1. The molecule has 0 aliphatic rings. The van der Waals surface area contributed by atoms with Crippen molar-refractivity contribution in [2.75, 3.05) is 13.7 Å². The van der Waals surface area contributed by atoms with E-state index in [9.17, 15) is 0 Å². The van der Waals surface area contributed by atoms with Crippen LogP contribution < -0.4 is 0 Å². The zero-order valence-corrected chi connectivity index (χ0v) is 9.13. The van der Waals surface area contributed by atoms with Gasteiger partial charge < -0.3 is 4.74 Å². The zero-order valence-electron chi connectivity index (χ0n) is 7.54. The summed E-state index contributed by atoms with van der Waals surface area (Å²) in [6, 6.07) is 0. The van der Waals surface area contributed by atoms with Gasteiger partial charge in [0.05, 0.1) is 22.8 Å². The molecule has 0 saturated carbocycles. The lowest BCUT2D eigenvalue weighted by Crippen LogP contribution is -2.31. The third kappa shape index (κ3) is 2.08. The molecule has 4 heteroatoms. The van der Waals surface area contributed by atoms with Gasteiger partial charge in [0.1, 0.15) is 0 Å². The van der Waals surface area contributed by atoms with Gasteiger partial charge in [0.15, 0.2) is 0 Å². The van der Waals surface area contributed by atoms with E-state index in [1.165, 1.54) is 0 Å². The van der Waals surface area contributed by atoms with Crippen LogP contribution in [0.1, 0.15) is 13.8 Å². The average molecular weight is 233 g/mol. The smallest absolute Gasteiger partial charge is 0.0804 e. The fourth-order valence-corrected chi connectivity index (χ4v) is 1.34. The molecule has 0 aliphatic heterocycles. The molecule has 0 saturated heterocycles. The second-order valence-corrected chi connectivity index (χ2v) is 4.26. The third-order valence-electron chi connectivity index (χ3n) is 1.67. The van der Waals surface area contributed by atoms with Crippen molar-refractivity contribution >= 4 is 15.9 Å². The molecule has 1 rings (SSSR count). The van der Waals surface area contributed by atoms with Crippen LogP contribution in [0.4, 0.5) is 0 Å².